The van der Waals surface area contributed by atoms with Gasteiger partial charge in [0.05, 0.1) is 18.9 Å². The van der Waals surface area contributed by atoms with E-state index in [4.69, 9.17) is 4.74 Å². The molecule has 0 saturated carbocycles. The first kappa shape index (κ1) is 19.3. The second-order valence-corrected chi connectivity index (χ2v) is 7.24. The first-order valence-electron chi connectivity index (χ1n) is 9.36. The third kappa shape index (κ3) is 4.64. The molecule has 0 radical (unpaired) electrons. The largest absolute Gasteiger partial charge is 0.469 e. The molecule has 1 aromatic carbocycles. The number of nitrogens with zero attached hydrogens (tertiary/aromatic N) is 2. The molecule has 2 amide bonds. The van der Waals surface area contributed by atoms with E-state index in [-0.39, 0.29) is 41.9 Å². The standard InChI is InChI=1S/C20H25FN2O4/c1-27-20(26)15-7-10-22(11-8-15)19(25)16-12-18(24)23(13-16)9-6-14-2-4-17(21)5-3-14/h2-5,15-16H,6-13H2,1H3/t16-/m0/s1. The van der Waals surface area contributed by atoms with Crippen molar-refractivity contribution in [3.63, 3.8) is 0 Å². The van der Waals surface area contributed by atoms with Crippen molar-refractivity contribution in [2.45, 2.75) is 25.7 Å². The predicted octanol–water partition coefficient (Wildman–Crippen LogP) is 1.63. The molecule has 1 aromatic rings. The maximum atomic E-state index is 13.0. The van der Waals surface area contributed by atoms with Crippen molar-refractivity contribution in [1.29, 1.82) is 0 Å². The molecule has 0 spiro atoms. The third-order valence-electron chi connectivity index (χ3n) is 5.49. The van der Waals surface area contributed by atoms with Crippen LogP contribution < -0.4 is 0 Å². The lowest BCUT2D eigenvalue weighted by atomic mass is 9.95. The number of methoxy groups -OCH3 is 1. The summed E-state index contributed by atoms with van der Waals surface area (Å²) < 4.78 is 17.7. The second-order valence-electron chi connectivity index (χ2n) is 7.24. The number of likely N-dealkylation sites (tertiary alicyclic amines) is 2. The normalized spacial score (nSPS) is 20.8. The summed E-state index contributed by atoms with van der Waals surface area (Å²) >= 11 is 0. The molecule has 2 heterocycles. The van der Waals surface area contributed by atoms with Gasteiger partial charge in [-0.2, -0.15) is 0 Å². The Morgan fingerprint density at radius 1 is 1.15 bits per heavy atom. The van der Waals surface area contributed by atoms with E-state index in [9.17, 15) is 18.8 Å². The average molecular weight is 376 g/mol. The van der Waals surface area contributed by atoms with Crippen LogP contribution in [0, 0.1) is 17.7 Å². The number of rotatable bonds is 5. The third-order valence-corrected chi connectivity index (χ3v) is 5.49. The monoisotopic (exact) mass is 376 g/mol. The van der Waals surface area contributed by atoms with Gasteiger partial charge in [0.2, 0.25) is 11.8 Å². The lowest BCUT2D eigenvalue weighted by molar-refractivity contribution is -0.149. The number of ether oxygens (including phenoxy) is 1. The van der Waals surface area contributed by atoms with Gasteiger partial charge in [-0.15, -0.1) is 0 Å². The quantitative estimate of drug-likeness (QED) is 0.733. The van der Waals surface area contributed by atoms with Crippen LogP contribution in [0.25, 0.3) is 0 Å². The zero-order valence-corrected chi connectivity index (χ0v) is 15.5. The number of benzene rings is 1. The van der Waals surface area contributed by atoms with Crippen LogP contribution in [0.15, 0.2) is 24.3 Å². The number of amides is 2. The SMILES string of the molecule is COC(=O)C1CCN(C(=O)[C@H]2CC(=O)N(CCc3ccc(F)cc3)C2)CC1. The van der Waals surface area contributed by atoms with Crippen molar-refractivity contribution in [3.05, 3.63) is 35.6 Å². The molecule has 2 saturated heterocycles. The van der Waals surface area contributed by atoms with Gasteiger partial charge < -0.3 is 14.5 Å². The summed E-state index contributed by atoms with van der Waals surface area (Å²) in [6.45, 7) is 2.01. The van der Waals surface area contributed by atoms with Gasteiger partial charge in [-0.25, -0.2) is 4.39 Å². The molecule has 2 aliphatic rings. The minimum absolute atomic E-state index is 0.00375. The summed E-state index contributed by atoms with van der Waals surface area (Å²) in [4.78, 5) is 40.1. The van der Waals surface area contributed by atoms with Crippen molar-refractivity contribution >= 4 is 17.8 Å². The van der Waals surface area contributed by atoms with Crippen LogP contribution >= 0.6 is 0 Å². The van der Waals surface area contributed by atoms with Gasteiger partial charge in [0.15, 0.2) is 0 Å². The van der Waals surface area contributed by atoms with E-state index in [2.05, 4.69) is 0 Å². The summed E-state index contributed by atoms with van der Waals surface area (Å²) in [7, 11) is 1.38. The molecule has 7 heteroatoms. The Hall–Kier alpha value is -2.44. The fraction of sp³-hybridized carbons (Fsp3) is 0.550. The van der Waals surface area contributed by atoms with Crippen LogP contribution in [-0.2, 0) is 25.5 Å². The van der Waals surface area contributed by atoms with Crippen LogP contribution in [0.1, 0.15) is 24.8 Å². The van der Waals surface area contributed by atoms with Crippen molar-refractivity contribution in [3.8, 4) is 0 Å². The first-order chi connectivity index (χ1) is 13.0. The molecule has 146 valence electrons. The minimum Gasteiger partial charge on any atom is -0.469 e. The first-order valence-corrected chi connectivity index (χ1v) is 9.36. The van der Waals surface area contributed by atoms with E-state index >= 15 is 0 Å². The number of carbonyl (C=O) groups is 3. The molecule has 2 aliphatic heterocycles. The second kappa shape index (κ2) is 8.50. The van der Waals surface area contributed by atoms with E-state index < -0.39 is 0 Å². The highest BCUT2D eigenvalue weighted by atomic mass is 19.1. The Morgan fingerprint density at radius 2 is 1.81 bits per heavy atom. The molecule has 0 aromatic heterocycles. The van der Waals surface area contributed by atoms with Crippen molar-refractivity contribution in [1.82, 2.24) is 9.80 Å². The number of halogens is 1. The molecule has 27 heavy (non-hydrogen) atoms. The molecule has 0 aliphatic carbocycles. The highest BCUT2D eigenvalue weighted by molar-refractivity contribution is 5.89. The van der Waals surface area contributed by atoms with Gasteiger partial charge >= 0.3 is 5.97 Å². The summed E-state index contributed by atoms with van der Waals surface area (Å²) in [6, 6.07) is 6.24. The maximum Gasteiger partial charge on any atom is 0.308 e. The number of piperidine rings is 1. The van der Waals surface area contributed by atoms with Gasteiger partial charge in [-0.05, 0) is 37.0 Å². The molecule has 0 N–H and O–H groups in total. The topological polar surface area (TPSA) is 66.9 Å². The maximum absolute atomic E-state index is 13.0. The van der Waals surface area contributed by atoms with Crippen molar-refractivity contribution in [2.24, 2.45) is 11.8 Å². The van der Waals surface area contributed by atoms with Crippen LogP contribution in [0.3, 0.4) is 0 Å². The lowest BCUT2D eigenvalue weighted by Crippen LogP contribution is -2.44. The van der Waals surface area contributed by atoms with Crippen LogP contribution in [0.2, 0.25) is 0 Å². The summed E-state index contributed by atoms with van der Waals surface area (Å²) in [5.74, 6) is -0.976. The number of esters is 1. The molecule has 0 unspecified atom stereocenters. The van der Waals surface area contributed by atoms with Gasteiger partial charge in [-0.1, -0.05) is 12.1 Å². The van der Waals surface area contributed by atoms with Gasteiger partial charge in [0, 0.05) is 32.6 Å². The van der Waals surface area contributed by atoms with E-state index in [1.807, 2.05) is 0 Å². The van der Waals surface area contributed by atoms with Gasteiger partial charge in [0.1, 0.15) is 5.82 Å². The van der Waals surface area contributed by atoms with E-state index in [0.29, 0.717) is 45.4 Å². The van der Waals surface area contributed by atoms with Gasteiger partial charge in [0.25, 0.3) is 0 Å². The van der Waals surface area contributed by atoms with Gasteiger partial charge in [-0.3, -0.25) is 14.4 Å². The molecule has 2 fully saturated rings. The fourth-order valence-corrected chi connectivity index (χ4v) is 3.83. The fourth-order valence-electron chi connectivity index (χ4n) is 3.83. The Bertz CT molecular complexity index is 698. The number of hydrogen-bond donors (Lipinski definition) is 0. The molecular weight excluding hydrogens is 351 g/mol. The van der Waals surface area contributed by atoms with E-state index in [1.165, 1.54) is 19.2 Å². The van der Waals surface area contributed by atoms with Crippen LogP contribution in [-0.4, -0.2) is 60.9 Å². The summed E-state index contributed by atoms with van der Waals surface area (Å²) in [6.07, 6.45) is 2.08. The zero-order chi connectivity index (χ0) is 19.4. The minimum atomic E-state index is -0.319. The Kier molecular flexibility index (Phi) is 6.08. The molecule has 0 bridgehead atoms. The average Bonchev–Trinajstić information content (AvgIpc) is 3.07. The predicted molar refractivity (Wildman–Crippen MR) is 96.1 cm³/mol. The molecule has 1 atom stereocenters. The summed E-state index contributed by atoms with van der Waals surface area (Å²) in [5, 5.41) is 0. The van der Waals surface area contributed by atoms with Crippen LogP contribution in [0.5, 0.6) is 0 Å². The number of hydrogen-bond acceptors (Lipinski definition) is 4. The Labute approximate surface area is 158 Å². The highest BCUT2D eigenvalue weighted by Crippen LogP contribution is 2.24. The lowest BCUT2D eigenvalue weighted by Gasteiger charge is -2.32. The Balaban J connectivity index is 1.49. The number of carbonyl (C=O) groups excluding carboxylic acids is 3. The van der Waals surface area contributed by atoms with E-state index in [1.54, 1.807) is 21.9 Å². The highest BCUT2D eigenvalue weighted by Gasteiger charge is 2.38. The van der Waals surface area contributed by atoms with Crippen molar-refractivity contribution < 1.29 is 23.5 Å². The molecule has 6 nitrogen and oxygen atoms in total. The van der Waals surface area contributed by atoms with E-state index in [0.717, 1.165) is 5.56 Å². The molecule has 3 rings (SSSR count). The van der Waals surface area contributed by atoms with Crippen molar-refractivity contribution in [2.75, 3.05) is 33.3 Å². The zero-order valence-electron chi connectivity index (χ0n) is 15.5. The van der Waals surface area contributed by atoms with Crippen LogP contribution in [0.4, 0.5) is 4.39 Å². The molecular formula is C20H25FN2O4. The smallest absolute Gasteiger partial charge is 0.308 e. The summed E-state index contributed by atoms with van der Waals surface area (Å²) in [5.41, 5.74) is 0.962. The Morgan fingerprint density at radius 3 is 2.44 bits per heavy atom.